The first-order valence-corrected chi connectivity index (χ1v) is 11.3. The van der Waals surface area contributed by atoms with E-state index in [0.717, 1.165) is 5.69 Å². The standard InChI is InChI=1S/C24H21N3O3S/c28-24(19-10-12-21(13-11-19)27-15-4-5-16-27)26-18-23(20-7-6-14-25-17-20)31(29,30)22-8-2-1-3-9-22/h1-17,23H,18H2,(H,26,28). The van der Waals surface area contributed by atoms with Crippen LogP contribution in [0, 0.1) is 0 Å². The minimum absolute atomic E-state index is 0.0683. The van der Waals surface area contributed by atoms with Crippen molar-refractivity contribution < 1.29 is 13.2 Å². The zero-order valence-electron chi connectivity index (χ0n) is 16.6. The largest absolute Gasteiger partial charge is 0.350 e. The van der Waals surface area contributed by atoms with Gasteiger partial charge in [0.2, 0.25) is 0 Å². The van der Waals surface area contributed by atoms with Crippen LogP contribution in [0.4, 0.5) is 0 Å². The summed E-state index contributed by atoms with van der Waals surface area (Å²) < 4.78 is 28.5. The van der Waals surface area contributed by atoms with Crippen molar-refractivity contribution in [1.29, 1.82) is 0 Å². The Hall–Kier alpha value is -3.71. The maximum Gasteiger partial charge on any atom is 0.251 e. The fourth-order valence-electron chi connectivity index (χ4n) is 3.33. The molecule has 0 aliphatic carbocycles. The third-order valence-corrected chi connectivity index (χ3v) is 7.10. The lowest BCUT2D eigenvalue weighted by atomic mass is 10.1. The van der Waals surface area contributed by atoms with Gasteiger partial charge < -0.3 is 9.88 Å². The van der Waals surface area contributed by atoms with Gasteiger partial charge >= 0.3 is 0 Å². The quantitative estimate of drug-likeness (QED) is 0.482. The van der Waals surface area contributed by atoms with Crippen LogP contribution < -0.4 is 5.32 Å². The summed E-state index contributed by atoms with van der Waals surface area (Å²) in [4.78, 5) is 17.0. The average molecular weight is 432 g/mol. The minimum Gasteiger partial charge on any atom is -0.350 e. The molecule has 4 aromatic rings. The molecule has 6 nitrogen and oxygen atoms in total. The maximum absolute atomic E-state index is 13.3. The zero-order valence-corrected chi connectivity index (χ0v) is 17.4. The Bertz CT molecular complexity index is 1240. The second-order valence-corrected chi connectivity index (χ2v) is 9.11. The Labute approximate surface area is 181 Å². The first kappa shape index (κ1) is 20.6. The van der Waals surface area contributed by atoms with E-state index in [4.69, 9.17) is 0 Å². The van der Waals surface area contributed by atoms with E-state index in [1.165, 1.54) is 6.20 Å². The van der Waals surface area contributed by atoms with Crippen LogP contribution in [0.25, 0.3) is 5.69 Å². The molecule has 0 aliphatic rings. The van der Waals surface area contributed by atoms with Crippen LogP contribution in [-0.4, -0.2) is 30.4 Å². The number of pyridine rings is 1. The molecular weight excluding hydrogens is 410 g/mol. The predicted molar refractivity (Wildman–Crippen MR) is 119 cm³/mol. The highest BCUT2D eigenvalue weighted by molar-refractivity contribution is 7.91. The molecule has 2 heterocycles. The highest BCUT2D eigenvalue weighted by atomic mass is 32.2. The number of benzene rings is 2. The Morgan fingerprint density at radius 3 is 2.26 bits per heavy atom. The van der Waals surface area contributed by atoms with Gasteiger partial charge in [-0.1, -0.05) is 24.3 Å². The molecule has 0 bridgehead atoms. The molecule has 1 N–H and O–H groups in total. The molecule has 2 aromatic heterocycles. The van der Waals surface area contributed by atoms with Crippen LogP contribution in [0.3, 0.4) is 0 Å². The summed E-state index contributed by atoms with van der Waals surface area (Å²) in [7, 11) is -3.73. The van der Waals surface area contributed by atoms with Gasteiger partial charge in [-0.3, -0.25) is 9.78 Å². The van der Waals surface area contributed by atoms with Crippen LogP contribution in [-0.2, 0) is 9.84 Å². The van der Waals surface area contributed by atoms with E-state index in [-0.39, 0.29) is 17.3 Å². The van der Waals surface area contributed by atoms with Crippen LogP contribution in [0.15, 0.2) is 109 Å². The number of nitrogens with one attached hydrogen (secondary N) is 1. The molecule has 0 aliphatic heterocycles. The van der Waals surface area contributed by atoms with E-state index < -0.39 is 15.1 Å². The van der Waals surface area contributed by atoms with Gasteiger partial charge in [-0.05, 0) is 60.2 Å². The molecule has 0 radical (unpaired) electrons. The summed E-state index contributed by atoms with van der Waals surface area (Å²) >= 11 is 0. The number of nitrogens with zero attached hydrogens (tertiary/aromatic N) is 2. The molecule has 31 heavy (non-hydrogen) atoms. The van der Waals surface area contributed by atoms with Gasteiger partial charge in [0, 0.05) is 42.6 Å². The molecule has 0 fully saturated rings. The first-order valence-electron chi connectivity index (χ1n) is 9.76. The Kier molecular flexibility index (Phi) is 5.95. The molecule has 1 amide bonds. The van der Waals surface area contributed by atoms with Gasteiger partial charge in [0.05, 0.1) is 4.90 Å². The molecule has 4 rings (SSSR count). The number of carbonyl (C=O) groups excluding carboxylic acids is 1. The lowest BCUT2D eigenvalue weighted by Gasteiger charge is -2.19. The average Bonchev–Trinajstić information content (AvgIpc) is 3.35. The number of sulfone groups is 1. The van der Waals surface area contributed by atoms with Crippen LogP contribution >= 0.6 is 0 Å². The van der Waals surface area contributed by atoms with Crippen molar-refractivity contribution in [2.75, 3.05) is 6.54 Å². The molecular formula is C24H21N3O3S. The van der Waals surface area contributed by atoms with Gasteiger partial charge in [0.1, 0.15) is 5.25 Å². The fourth-order valence-corrected chi connectivity index (χ4v) is 4.99. The number of amides is 1. The van der Waals surface area contributed by atoms with Crippen LogP contribution in [0.2, 0.25) is 0 Å². The minimum atomic E-state index is -3.73. The van der Waals surface area contributed by atoms with Gasteiger partial charge in [0.25, 0.3) is 5.91 Å². The third-order valence-electron chi connectivity index (χ3n) is 4.98. The van der Waals surface area contributed by atoms with Crippen molar-refractivity contribution in [1.82, 2.24) is 14.9 Å². The van der Waals surface area contributed by atoms with E-state index in [0.29, 0.717) is 11.1 Å². The number of aromatic nitrogens is 2. The number of carbonyl (C=O) groups is 1. The van der Waals surface area contributed by atoms with Gasteiger partial charge in [0.15, 0.2) is 9.84 Å². The van der Waals surface area contributed by atoms with Crippen molar-refractivity contribution in [2.45, 2.75) is 10.1 Å². The van der Waals surface area contributed by atoms with E-state index in [9.17, 15) is 13.2 Å². The van der Waals surface area contributed by atoms with Crippen molar-refractivity contribution in [3.05, 3.63) is 115 Å². The Morgan fingerprint density at radius 1 is 0.903 bits per heavy atom. The number of hydrogen-bond donors (Lipinski definition) is 1. The van der Waals surface area contributed by atoms with Gasteiger partial charge in [-0.25, -0.2) is 8.42 Å². The predicted octanol–water partition coefficient (Wildman–Crippen LogP) is 3.82. The van der Waals surface area contributed by atoms with Crippen molar-refractivity contribution in [3.8, 4) is 5.69 Å². The summed E-state index contributed by atoms with van der Waals surface area (Å²) in [6, 6.07) is 22.6. The summed E-state index contributed by atoms with van der Waals surface area (Å²) in [5.74, 6) is -0.337. The van der Waals surface area contributed by atoms with E-state index in [2.05, 4.69) is 10.3 Å². The fraction of sp³-hybridized carbons (Fsp3) is 0.0833. The Morgan fingerprint density at radius 2 is 1.61 bits per heavy atom. The van der Waals surface area contributed by atoms with Gasteiger partial charge in [-0.15, -0.1) is 0 Å². The van der Waals surface area contributed by atoms with E-state index >= 15 is 0 Å². The second kappa shape index (κ2) is 8.97. The van der Waals surface area contributed by atoms with Crippen LogP contribution in [0.5, 0.6) is 0 Å². The zero-order chi connectivity index (χ0) is 21.7. The summed E-state index contributed by atoms with van der Waals surface area (Å²) in [6.45, 7) is -0.0683. The molecule has 1 atom stereocenters. The van der Waals surface area contributed by atoms with E-state index in [1.54, 1.807) is 60.8 Å². The molecule has 156 valence electrons. The summed E-state index contributed by atoms with van der Waals surface area (Å²) in [6.07, 6.45) is 6.94. The maximum atomic E-state index is 13.3. The normalized spacial score (nSPS) is 12.3. The monoisotopic (exact) mass is 431 g/mol. The van der Waals surface area contributed by atoms with Crippen molar-refractivity contribution >= 4 is 15.7 Å². The SMILES string of the molecule is O=C(NCC(c1cccnc1)S(=O)(=O)c1ccccc1)c1ccc(-n2cccc2)cc1. The first-order chi connectivity index (χ1) is 15.1. The third kappa shape index (κ3) is 4.57. The van der Waals surface area contributed by atoms with Gasteiger partial charge in [-0.2, -0.15) is 0 Å². The molecule has 1 unspecified atom stereocenters. The van der Waals surface area contributed by atoms with E-state index in [1.807, 2.05) is 41.2 Å². The number of hydrogen-bond acceptors (Lipinski definition) is 4. The lowest BCUT2D eigenvalue weighted by Crippen LogP contribution is -2.32. The Balaban J connectivity index is 1.55. The molecule has 0 saturated heterocycles. The van der Waals surface area contributed by atoms with Crippen LogP contribution in [0.1, 0.15) is 21.2 Å². The highest BCUT2D eigenvalue weighted by Gasteiger charge is 2.29. The molecule has 2 aromatic carbocycles. The summed E-state index contributed by atoms with van der Waals surface area (Å²) in [5.41, 5.74) is 1.91. The highest BCUT2D eigenvalue weighted by Crippen LogP contribution is 2.28. The molecule has 0 saturated carbocycles. The smallest absolute Gasteiger partial charge is 0.251 e. The topological polar surface area (TPSA) is 81.1 Å². The molecule has 7 heteroatoms. The van der Waals surface area contributed by atoms with Crippen molar-refractivity contribution in [2.24, 2.45) is 0 Å². The lowest BCUT2D eigenvalue weighted by molar-refractivity contribution is 0.0953. The van der Waals surface area contributed by atoms with Crippen molar-refractivity contribution in [3.63, 3.8) is 0 Å². The summed E-state index contributed by atoms with van der Waals surface area (Å²) in [5, 5.41) is 1.82. The number of rotatable bonds is 7. The second-order valence-electron chi connectivity index (χ2n) is 6.98. The molecule has 0 spiro atoms.